The molecule has 0 spiro atoms. The zero-order valence-electron chi connectivity index (χ0n) is 13.5. The molecular formula is C18H16N2O5. The molecular weight excluding hydrogens is 324 g/mol. The molecule has 1 saturated heterocycles. The molecule has 1 aliphatic rings. The summed E-state index contributed by atoms with van der Waals surface area (Å²) in [6.45, 7) is 0.306. The predicted molar refractivity (Wildman–Crippen MR) is 90.1 cm³/mol. The van der Waals surface area contributed by atoms with Crippen LogP contribution in [-0.4, -0.2) is 30.5 Å². The summed E-state index contributed by atoms with van der Waals surface area (Å²) in [5.74, 6) is -2.21. The van der Waals surface area contributed by atoms with E-state index in [0.29, 0.717) is 12.2 Å². The van der Waals surface area contributed by atoms with E-state index in [1.165, 1.54) is 36.3 Å². The minimum atomic E-state index is -0.928. The van der Waals surface area contributed by atoms with Crippen molar-refractivity contribution >= 4 is 23.3 Å². The molecule has 25 heavy (non-hydrogen) atoms. The number of nitrogens with zero attached hydrogens (tertiary/aromatic N) is 2. The second kappa shape index (κ2) is 6.72. The van der Waals surface area contributed by atoms with E-state index in [9.17, 15) is 19.7 Å². The van der Waals surface area contributed by atoms with Crippen molar-refractivity contribution in [2.75, 3.05) is 18.6 Å². The number of benzene rings is 2. The van der Waals surface area contributed by atoms with Crippen LogP contribution >= 0.6 is 0 Å². The fourth-order valence-electron chi connectivity index (χ4n) is 3.11. The molecule has 1 aliphatic heterocycles. The van der Waals surface area contributed by atoms with Crippen molar-refractivity contribution in [1.82, 2.24) is 0 Å². The van der Waals surface area contributed by atoms with Gasteiger partial charge in [-0.2, -0.15) is 0 Å². The summed E-state index contributed by atoms with van der Waals surface area (Å²) >= 11 is 0. The minimum absolute atomic E-state index is 0.0560. The Balaban J connectivity index is 1.95. The van der Waals surface area contributed by atoms with Crippen LogP contribution in [0.5, 0.6) is 0 Å². The Labute approximate surface area is 144 Å². The van der Waals surface area contributed by atoms with Crippen molar-refractivity contribution in [3.8, 4) is 0 Å². The highest BCUT2D eigenvalue weighted by Crippen LogP contribution is 2.37. The van der Waals surface area contributed by atoms with E-state index >= 15 is 0 Å². The first-order valence-corrected chi connectivity index (χ1v) is 7.71. The summed E-state index contributed by atoms with van der Waals surface area (Å²) < 4.78 is 4.82. The van der Waals surface area contributed by atoms with Gasteiger partial charge >= 0.3 is 5.97 Å². The van der Waals surface area contributed by atoms with Gasteiger partial charge in [-0.3, -0.25) is 19.7 Å². The molecule has 0 unspecified atom stereocenters. The summed E-state index contributed by atoms with van der Waals surface area (Å²) in [6.07, 6.45) is 0. The Kier molecular flexibility index (Phi) is 4.47. The molecule has 0 bridgehead atoms. The summed E-state index contributed by atoms with van der Waals surface area (Å²) in [5, 5.41) is 10.8. The van der Waals surface area contributed by atoms with Crippen molar-refractivity contribution < 1.29 is 19.2 Å². The number of amides is 1. The summed E-state index contributed by atoms with van der Waals surface area (Å²) in [4.78, 5) is 36.7. The molecule has 2 aromatic rings. The Morgan fingerprint density at radius 2 is 1.80 bits per heavy atom. The molecule has 1 heterocycles. The van der Waals surface area contributed by atoms with Gasteiger partial charge in [0.25, 0.3) is 5.69 Å². The van der Waals surface area contributed by atoms with E-state index in [-0.39, 0.29) is 17.5 Å². The average molecular weight is 340 g/mol. The summed E-state index contributed by atoms with van der Waals surface area (Å²) in [6, 6.07) is 15.0. The van der Waals surface area contributed by atoms with Crippen molar-refractivity contribution in [2.24, 2.45) is 5.92 Å². The second-order valence-electron chi connectivity index (χ2n) is 5.74. The molecule has 3 rings (SSSR count). The van der Waals surface area contributed by atoms with Gasteiger partial charge in [-0.25, -0.2) is 0 Å². The molecule has 0 aliphatic carbocycles. The number of rotatable bonds is 4. The lowest BCUT2D eigenvalue weighted by Crippen LogP contribution is -2.31. The third kappa shape index (κ3) is 3.08. The van der Waals surface area contributed by atoms with Gasteiger partial charge in [0.2, 0.25) is 5.91 Å². The molecule has 1 fully saturated rings. The number of methoxy groups -OCH3 is 1. The number of nitro benzene ring substituents is 1. The first-order chi connectivity index (χ1) is 12.0. The topological polar surface area (TPSA) is 89.8 Å². The number of esters is 1. The van der Waals surface area contributed by atoms with Crippen molar-refractivity contribution in [2.45, 2.75) is 5.92 Å². The molecule has 7 nitrogen and oxygen atoms in total. The summed E-state index contributed by atoms with van der Waals surface area (Å²) in [5.41, 5.74) is 1.33. The van der Waals surface area contributed by atoms with Crippen molar-refractivity contribution in [3.63, 3.8) is 0 Å². The minimum Gasteiger partial charge on any atom is -0.468 e. The normalized spacial score (nSPS) is 19.7. The average Bonchev–Trinajstić information content (AvgIpc) is 2.99. The van der Waals surface area contributed by atoms with Gasteiger partial charge in [-0.05, 0) is 17.7 Å². The molecule has 0 radical (unpaired) electrons. The Morgan fingerprint density at radius 3 is 2.36 bits per heavy atom. The van der Waals surface area contributed by atoms with Gasteiger partial charge in [0.05, 0.1) is 12.0 Å². The van der Waals surface area contributed by atoms with E-state index in [1.54, 1.807) is 0 Å². The monoisotopic (exact) mass is 340 g/mol. The number of carbonyl (C=O) groups is 2. The van der Waals surface area contributed by atoms with E-state index in [1.807, 2.05) is 30.3 Å². The molecule has 2 aromatic carbocycles. The molecule has 0 N–H and O–H groups in total. The zero-order chi connectivity index (χ0) is 18.0. The van der Waals surface area contributed by atoms with Crippen molar-refractivity contribution in [1.29, 1.82) is 0 Å². The van der Waals surface area contributed by atoms with Crippen LogP contribution in [0.15, 0.2) is 54.6 Å². The van der Waals surface area contributed by atoms with E-state index in [0.717, 1.165) is 5.56 Å². The number of carbonyl (C=O) groups excluding carboxylic acids is 2. The van der Waals surface area contributed by atoms with Crippen LogP contribution in [0.25, 0.3) is 0 Å². The number of hydrogen-bond donors (Lipinski definition) is 0. The van der Waals surface area contributed by atoms with Crippen LogP contribution in [0.2, 0.25) is 0 Å². The largest absolute Gasteiger partial charge is 0.468 e. The molecule has 2 atom stereocenters. The standard InChI is InChI=1S/C18H16N2O5/c1-25-18(22)16-15(12-5-3-2-4-6-12)11-19(17(16)21)13-7-9-14(10-8-13)20(23)24/h2-10,15-16H,11H2,1H3/t15-,16-/m0/s1. The smallest absolute Gasteiger partial charge is 0.318 e. The van der Waals surface area contributed by atoms with Crippen LogP contribution < -0.4 is 4.90 Å². The predicted octanol–water partition coefficient (Wildman–Crippen LogP) is 2.51. The lowest BCUT2D eigenvalue weighted by atomic mass is 9.89. The van der Waals surface area contributed by atoms with Crippen molar-refractivity contribution in [3.05, 3.63) is 70.3 Å². The van der Waals surface area contributed by atoms with Crippen LogP contribution in [0.1, 0.15) is 11.5 Å². The van der Waals surface area contributed by atoms with Gasteiger partial charge in [0.15, 0.2) is 0 Å². The van der Waals surface area contributed by atoms with Gasteiger partial charge in [0.1, 0.15) is 5.92 Å². The van der Waals surface area contributed by atoms with Gasteiger partial charge < -0.3 is 9.64 Å². The number of non-ortho nitro benzene ring substituents is 1. The Morgan fingerprint density at radius 1 is 1.16 bits per heavy atom. The molecule has 1 amide bonds. The van der Waals surface area contributed by atoms with Crippen LogP contribution in [0, 0.1) is 16.0 Å². The van der Waals surface area contributed by atoms with Gasteiger partial charge in [-0.15, -0.1) is 0 Å². The van der Waals surface area contributed by atoms with E-state index < -0.39 is 16.8 Å². The maximum absolute atomic E-state index is 12.8. The third-order valence-electron chi connectivity index (χ3n) is 4.37. The molecule has 7 heteroatoms. The molecule has 0 aromatic heterocycles. The Hall–Kier alpha value is -3.22. The fourth-order valence-corrected chi connectivity index (χ4v) is 3.11. The van der Waals surface area contributed by atoms with Gasteiger partial charge in [0, 0.05) is 30.3 Å². The third-order valence-corrected chi connectivity index (χ3v) is 4.37. The number of nitro groups is 1. The van der Waals surface area contributed by atoms with Crippen LogP contribution in [-0.2, 0) is 14.3 Å². The molecule has 0 saturated carbocycles. The highest BCUT2D eigenvalue weighted by atomic mass is 16.6. The highest BCUT2D eigenvalue weighted by molar-refractivity contribution is 6.09. The van der Waals surface area contributed by atoms with Crippen LogP contribution in [0.4, 0.5) is 11.4 Å². The fraction of sp³-hybridized carbons (Fsp3) is 0.222. The maximum atomic E-state index is 12.8. The van der Waals surface area contributed by atoms with Gasteiger partial charge in [-0.1, -0.05) is 30.3 Å². The number of hydrogen-bond acceptors (Lipinski definition) is 5. The van der Waals surface area contributed by atoms with E-state index in [2.05, 4.69) is 0 Å². The second-order valence-corrected chi connectivity index (χ2v) is 5.74. The van der Waals surface area contributed by atoms with E-state index in [4.69, 9.17) is 4.74 Å². The Bertz CT molecular complexity index is 804. The maximum Gasteiger partial charge on any atom is 0.318 e. The number of anilines is 1. The number of ether oxygens (including phenoxy) is 1. The molecule has 128 valence electrons. The van der Waals surface area contributed by atoms with Crippen LogP contribution in [0.3, 0.4) is 0 Å². The quantitative estimate of drug-likeness (QED) is 0.369. The SMILES string of the molecule is COC(=O)[C@@H]1C(=O)N(c2ccc([N+](=O)[O-])cc2)C[C@H]1c1ccccc1. The lowest BCUT2D eigenvalue weighted by Gasteiger charge is -2.16. The summed E-state index contributed by atoms with van der Waals surface area (Å²) in [7, 11) is 1.26. The first-order valence-electron chi connectivity index (χ1n) is 7.71. The zero-order valence-corrected chi connectivity index (χ0v) is 13.5. The first kappa shape index (κ1) is 16.6. The lowest BCUT2D eigenvalue weighted by molar-refractivity contribution is -0.384. The highest BCUT2D eigenvalue weighted by Gasteiger charge is 2.46.